The third-order valence-corrected chi connectivity index (χ3v) is 4.36. The Morgan fingerprint density at radius 1 is 1.44 bits per heavy atom. The predicted octanol–water partition coefficient (Wildman–Crippen LogP) is 2.24. The van der Waals surface area contributed by atoms with Crippen molar-refractivity contribution >= 4 is 0 Å². The molecule has 2 saturated carbocycles. The van der Waals surface area contributed by atoms with Gasteiger partial charge in [0.2, 0.25) is 0 Å². The molecule has 2 aliphatic carbocycles. The highest BCUT2D eigenvalue weighted by molar-refractivity contribution is 5.17. The molecule has 1 N–H and O–H groups in total. The highest BCUT2D eigenvalue weighted by Gasteiger charge is 2.47. The lowest BCUT2D eigenvalue weighted by atomic mass is 9.93. The molecule has 0 amide bonds. The molecule has 0 radical (unpaired) electrons. The van der Waals surface area contributed by atoms with E-state index in [1.807, 2.05) is 0 Å². The lowest BCUT2D eigenvalue weighted by Crippen LogP contribution is -2.56. The van der Waals surface area contributed by atoms with Crippen LogP contribution in [-0.4, -0.2) is 36.6 Å². The van der Waals surface area contributed by atoms with Gasteiger partial charge in [0.05, 0.1) is 6.07 Å². The van der Waals surface area contributed by atoms with Gasteiger partial charge in [-0.15, -0.1) is 0 Å². The highest BCUT2D eigenvalue weighted by Crippen LogP contribution is 2.41. The molecule has 2 aliphatic rings. The second-order valence-corrected chi connectivity index (χ2v) is 6.83. The van der Waals surface area contributed by atoms with Gasteiger partial charge in [0.25, 0.3) is 0 Å². The Hall–Kier alpha value is -0.590. The van der Waals surface area contributed by atoms with Gasteiger partial charge in [0.1, 0.15) is 5.54 Å². The first-order valence-electron chi connectivity index (χ1n) is 7.34. The van der Waals surface area contributed by atoms with Gasteiger partial charge < -0.3 is 4.90 Å². The molecule has 0 bridgehead atoms. The van der Waals surface area contributed by atoms with E-state index in [4.69, 9.17) is 0 Å². The van der Waals surface area contributed by atoms with Crippen molar-refractivity contribution in [3.05, 3.63) is 0 Å². The Kier molecular flexibility index (Phi) is 3.99. The van der Waals surface area contributed by atoms with Crippen LogP contribution in [0.25, 0.3) is 0 Å². The van der Waals surface area contributed by atoms with Gasteiger partial charge >= 0.3 is 0 Å². The van der Waals surface area contributed by atoms with E-state index in [1.54, 1.807) is 0 Å². The van der Waals surface area contributed by atoms with E-state index in [-0.39, 0.29) is 5.54 Å². The number of nitrogens with zero attached hydrogens (tertiary/aromatic N) is 2. The Balaban J connectivity index is 1.93. The molecule has 0 aromatic carbocycles. The predicted molar refractivity (Wildman–Crippen MR) is 74.1 cm³/mol. The van der Waals surface area contributed by atoms with Gasteiger partial charge in [-0.2, -0.15) is 5.26 Å². The third kappa shape index (κ3) is 3.24. The van der Waals surface area contributed by atoms with Crippen LogP contribution >= 0.6 is 0 Å². The Morgan fingerprint density at radius 2 is 2.06 bits per heavy atom. The van der Waals surface area contributed by atoms with Gasteiger partial charge in [-0.05, 0) is 57.9 Å². The summed E-state index contributed by atoms with van der Waals surface area (Å²) >= 11 is 0. The lowest BCUT2D eigenvalue weighted by molar-refractivity contribution is 0.210. The van der Waals surface area contributed by atoms with Crippen molar-refractivity contribution in [3.63, 3.8) is 0 Å². The molecule has 3 unspecified atom stereocenters. The van der Waals surface area contributed by atoms with Crippen molar-refractivity contribution in [1.29, 1.82) is 5.26 Å². The van der Waals surface area contributed by atoms with Crippen LogP contribution in [0.1, 0.15) is 40.0 Å². The third-order valence-electron chi connectivity index (χ3n) is 4.36. The summed E-state index contributed by atoms with van der Waals surface area (Å²) in [7, 11) is 2.17. The van der Waals surface area contributed by atoms with Gasteiger partial charge in [-0.3, -0.25) is 5.32 Å². The Morgan fingerprint density at radius 3 is 2.44 bits per heavy atom. The molecular formula is C15H27N3. The van der Waals surface area contributed by atoms with Gasteiger partial charge in [0, 0.05) is 19.1 Å². The first-order chi connectivity index (χ1) is 8.47. The maximum Gasteiger partial charge on any atom is 0.122 e. The monoisotopic (exact) mass is 249 g/mol. The van der Waals surface area contributed by atoms with Crippen LogP contribution in [0, 0.1) is 29.1 Å². The van der Waals surface area contributed by atoms with E-state index in [0.29, 0.717) is 12.0 Å². The van der Waals surface area contributed by atoms with E-state index in [2.05, 4.69) is 44.1 Å². The normalized spacial score (nSPS) is 30.3. The number of hydrogen-bond donors (Lipinski definition) is 1. The summed E-state index contributed by atoms with van der Waals surface area (Å²) in [6.07, 6.45) is 3.78. The molecule has 3 heteroatoms. The first-order valence-corrected chi connectivity index (χ1v) is 7.34. The van der Waals surface area contributed by atoms with E-state index in [1.165, 1.54) is 19.3 Å². The van der Waals surface area contributed by atoms with E-state index in [9.17, 15) is 5.26 Å². The summed E-state index contributed by atoms with van der Waals surface area (Å²) in [6, 6.07) is 2.97. The topological polar surface area (TPSA) is 39.1 Å². The maximum atomic E-state index is 9.65. The molecule has 0 heterocycles. The van der Waals surface area contributed by atoms with Crippen molar-refractivity contribution in [2.24, 2.45) is 17.8 Å². The quantitative estimate of drug-likeness (QED) is 0.752. The molecule has 3 nitrogen and oxygen atoms in total. The summed E-state index contributed by atoms with van der Waals surface area (Å²) in [5, 5.41) is 13.2. The van der Waals surface area contributed by atoms with Crippen LogP contribution in [0.4, 0.5) is 0 Å². The SMILES string of the molecule is CC(C)NC(C#N)(CN(C)CC1CC1C)C1CC1. The number of nitriles is 1. The zero-order valence-electron chi connectivity index (χ0n) is 12.2. The van der Waals surface area contributed by atoms with Gasteiger partial charge in [-0.1, -0.05) is 6.92 Å². The molecule has 3 atom stereocenters. The molecule has 0 aromatic rings. The van der Waals surface area contributed by atoms with Crippen molar-refractivity contribution < 1.29 is 0 Å². The summed E-state index contributed by atoms with van der Waals surface area (Å²) in [6.45, 7) is 8.62. The zero-order valence-corrected chi connectivity index (χ0v) is 12.2. The molecule has 2 rings (SSSR count). The fraction of sp³-hybridized carbons (Fsp3) is 0.933. The van der Waals surface area contributed by atoms with Gasteiger partial charge in [0.15, 0.2) is 0 Å². The molecule has 0 aliphatic heterocycles. The molecular weight excluding hydrogens is 222 g/mol. The van der Waals surface area contributed by atoms with Crippen LogP contribution < -0.4 is 5.32 Å². The molecule has 0 aromatic heterocycles. The summed E-state index contributed by atoms with van der Waals surface area (Å²) in [5.41, 5.74) is -0.318. The molecule has 18 heavy (non-hydrogen) atoms. The van der Waals surface area contributed by atoms with Crippen LogP contribution in [0.2, 0.25) is 0 Å². The number of likely N-dealkylation sites (N-methyl/N-ethyl adjacent to an activating group) is 1. The smallest absolute Gasteiger partial charge is 0.122 e. The van der Waals surface area contributed by atoms with Crippen LogP contribution in [-0.2, 0) is 0 Å². The fourth-order valence-electron chi connectivity index (χ4n) is 3.09. The average Bonchev–Trinajstić information content (AvgIpc) is 3.14. The maximum absolute atomic E-state index is 9.65. The fourth-order valence-corrected chi connectivity index (χ4v) is 3.09. The number of rotatable bonds is 7. The minimum absolute atomic E-state index is 0.318. The summed E-state index contributed by atoms with van der Waals surface area (Å²) < 4.78 is 0. The second kappa shape index (κ2) is 5.19. The zero-order chi connectivity index (χ0) is 13.3. The van der Waals surface area contributed by atoms with Crippen molar-refractivity contribution in [3.8, 4) is 6.07 Å². The molecule has 0 saturated heterocycles. The van der Waals surface area contributed by atoms with Crippen molar-refractivity contribution in [2.75, 3.05) is 20.1 Å². The summed E-state index contributed by atoms with van der Waals surface area (Å²) in [5.74, 6) is 2.32. The standard InChI is InChI=1S/C15H27N3/c1-11(2)17-15(9-16,14-5-6-14)10-18(4)8-13-7-12(13)3/h11-14,17H,5-8,10H2,1-4H3. The van der Waals surface area contributed by atoms with E-state index < -0.39 is 0 Å². The first kappa shape index (κ1) is 13.8. The minimum atomic E-state index is -0.318. The lowest BCUT2D eigenvalue weighted by Gasteiger charge is -2.34. The molecule has 2 fully saturated rings. The van der Waals surface area contributed by atoms with Crippen LogP contribution in [0.5, 0.6) is 0 Å². The van der Waals surface area contributed by atoms with Crippen molar-refractivity contribution in [1.82, 2.24) is 10.2 Å². The summed E-state index contributed by atoms with van der Waals surface area (Å²) in [4.78, 5) is 2.37. The minimum Gasteiger partial charge on any atom is -0.303 e. The van der Waals surface area contributed by atoms with Gasteiger partial charge in [-0.25, -0.2) is 0 Å². The Labute approximate surface area is 112 Å². The molecule has 102 valence electrons. The van der Waals surface area contributed by atoms with Crippen LogP contribution in [0.3, 0.4) is 0 Å². The van der Waals surface area contributed by atoms with Crippen LogP contribution in [0.15, 0.2) is 0 Å². The average molecular weight is 249 g/mol. The molecule has 0 spiro atoms. The Bertz CT molecular complexity index is 329. The van der Waals surface area contributed by atoms with E-state index >= 15 is 0 Å². The van der Waals surface area contributed by atoms with Crippen molar-refractivity contribution in [2.45, 2.75) is 51.6 Å². The highest BCUT2D eigenvalue weighted by atomic mass is 15.2. The second-order valence-electron chi connectivity index (χ2n) is 6.83. The van der Waals surface area contributed by atoms with E-state index in [0.717, 1.165) is 24.9 Å². The number of hydrogen-bond acceptors (Lipinski definition) is 3. The largest absolute Gasteiger partial charge is 0.303 e. The number of nitrogens with one attached hydrogen (secondary N) is 1.